The topological polar surface area (TPSA) is 73.7 Å². The Kier molecular flexibility index (Phi) is 5.14. The van der Waals surface area contributed by atoms with E-state index in [0.717, 1.165) is 12.1 Å². The smallest absolute Gasteiger partial charge is 0.319 e. The van der Waals surface area contributed by atoms with E-state index in [0.29, 0.717) is 32.5 Å². The summed E-state index contributed by atoms with van der Waals surface area (Å²) in [5.74, 6) is -1.25. The second kappa shape index (κ2) is 7.06. The van der Waals surface area contributed by atoms with Crippen LogP contribution >= 0.6 is 0 Å². The summed E-state index contributed by atoms with van der Waals surface area (Å²) in [6.45, 7) is 1.52. The summed E-state index contributed by atoms with van der Waals surface area (Å²) in [6.07, 6.45) is 3.83. The Morgan fingerprint density at radius 1 is 1.48 bits per heavy atom. The summed E-state index contributed by atoms with van der Waals surface area (Å²) in [5, 5.41) is 9.07. The van der Waals surface area contributed by atoms with Crippen LogP contribution < -0.4 is 0 Å². The molecule has 2 amide bonds. The maximum absolute atomic E-state index is 12.3. The highest BCUT2D eigenvalue weighted by molar-refractivity contribution is 5.76. The Morgan fingerprint density at radius 2 is 2.29 bits per heavy atom. The van der Waals surface area contributed by atoms with Gasteiger partial charge in [-0.2, -0.15) is 0 Å². The normalized spacial score (nSPS) is 18.3. The molecular weight excluding hydrogens is 270 g/mol. The molecule has 1 N–H and O–H groups in total. The van der Waals surface area contributed by atoms with Crippen molar-refractivity contribution in [3.05, 3.63) is 30.1 Å². The Hall–Kier alpha value is -2.11. The molecule has 1 saturated heterocycles. The van der Waals surface area contributed by atoms with Crippen molar-refractivity contribution in [1.82, 2.24) is 14.8 Å². The van der Waals surface area contributed by atoms with Crippen LogP contribution in [0.25, 0.3) is 0 Å². The number of piperidine rings is 1. The molecule has 6 heteroatoms. The van der Waals surface area contributed by atoms with Crippen molar-refractivity contribution in [1.29, 1.82) is 0 Å². The van der Waals surface area contributed by atoms with Crippen LogP contribution in [-0.4, -0.2) is 58.6 Å². The van der Waals surface area contributed by atoms with Crippen LogP contribution in [0, 0.1) is 5.92 Å². The quantitative estimate of drug-likeness (QED) is 0.911. The van der Waals surface area contributed by atoms with Gasteiger partial charge in [-0.15, -0.1) is 0 Å². The number of rotatable bonds is 4. The summed E-state index contributed by atoms with van der Waals surface area (Å²) >= 11 is 0. The van der Waals surface area contributed by atoms with E-state index in [1.165, 1.54) is 0 Å². The molecular formula is C15H21N3O3. The van der Waals surface area contributed by atoms with Crippen molar-refractivity contribution in [2.24, 2.45) is 5.92 Å². The first-order chi connectivity index (χ1) is 10.1. The lowest BCUT2D eigenvalue weighted by Crippen LogP contribution is -2.48. The van der Waals surface area contributed by atoms with Crippen molar-refractivity contribution < 1.29 is 14.7 Å². The zero-order chi connectivity index (χ0) is 15.2. The average molecular weight is 291 g/mol. The summed E-state index contributed by atoms with van der Waals surface area (Å²) in [6, 6.07) is 5.61. The number of carbonyl (C=O) groups is 2. The molecule has 21 heavy (non-hydrogen) atoms. The van der Waals surface area contributed by atoms with Crippen LogP contribution in [0.5, 0.6) is 0 Å². The highest BCUT2D eigenvalue weighted by Crippen LogP contribution is 2.17. The lowest BCUT2D eigenvalue weighted by molar-refractivity contribution is -0.143. The Bertz CT molecular complexity index is 492. The standard InChI is InChI=1S/C15H21N3O3/c1-17(10-7-13-6-2-3-8-16-13)15(21)18-9-4-5-12(11-18)14(19)20/h2-3,6,8,12H,4-5,7,9-11H2,1H3,(H,19,20)/t12-/m1/s1. The van der Waals surface area contributed by atoms with Gasteiger partial charge in [-0.1, -0.05) is 6.07 Å². The number of aromatic nitrogens is 1. The van der Waals surface area contributed by atoms with Crippen molar-refractivity contribution in [3.8, 4) is 0 Å². The second-order valence-corrected chi connectivity index (χ2v) is 5.40. The first-order valence-corrected chi connectivity index (χ1v) is 7.20. The van der Waals surface area contributed by atoms with E-state index in [-0.39, 0.29) is 6.03 Å². The van der Waals surface area contributed by atoms with E-state index in [2.05, 4.69) is 4.98 Å². The monoisotopic (exact) mass is 291 g/mol. The SMILES string of the molecule is CN(CCc1ccccn1)C(=O)N1CCC[C@@H](C(=O)O)C1. The molecule has 1 fully saturated rings. The third-order valence-corrected chi connectivity index (χ3v) is 3.80. The van der Waals surface area contributed by atoms with Gasteiger partial charge < -0.3 is 14.9 Å². The number of pyridine rings is 1. The highest BCUT2D eigenvalue weighted by Gasteiger charge is 2.29. The molecule has 6 nitrogen and oxygen atoms in total. The Labute approximate surface area is 124 Å². The van der Waals surface area contributed by atoms with Crippen LogP contribution in [0.3, 0.4) is 0 Å². The summed E-state index contributed by atoms with van der Waals surface area (Å²) in [7, 11) is 1.75. The zero-order valence-electron chi connectivity index (χ0n) is 12.2. The number of carboxylic acids is 1. The van der Waals surface area contributed by atoms with Gasteiger partial charge in [-0.3, -0.25) is 9.78 Å². The van der Waals surface area contributed by atoms with Gasteiger partial charge in [0.15, 0.2) is 0 Å². The molecule has 1 atom stereocenters. The average Bonchev–Trinajstić information content (AvgIpc) is 2.53. The van der Waals surface area contributed by atoms with Gasteiger partial charge in [0.25, 0.3) is 0 Å². The van der Waals surface area contributed by atoms with E-state index < -0.39 is 11.9 Å². The number of nitrogens with zero attached hydrogens (tertiary/aromatic N) is 3. The fourth-order valence-corrected chi connectivity index (χ4v) is 2.52. The first kappa shape index (κ1) is 15.3. The van der Waals surface area contributed by atoms with Crippen molar-refractivity contribution in [2.45, 2.75) is 19.3 Å². The first-order valence-electron chi connectivity index (χ1n) is 7.20. The number of hydrogen-bond acceptors (Lipinski definition) is 3. The lowest BCUT2D eigenvalue weighted by Gasteiger charge is -2.33. The highest BCUT2D eigenvalue weighted by atomic mass is 16.4. The zero-order valence-corrected chi connectivity index (χ0v) is 12.2. The number of likely N-dealkylation sites (tertiary alicyclic amines) is 1. The van der Waals surface area contributed by atoms with Crippen LogP contribution in [0.2, 0.25) is 0 Å². The molecule has 1 aromatic rings. The van der Waals surface area contributed by atoms with Crippen LogP contribution in [0.4, 0.5) is 4.79 Å². The molecule has 1 aliphatic heterocycles. The molecule has 0 unspecified atom stereocenters. The van der Waals surface area contributed by atoms with E-state index in [1.54, 1.807) is 23.0 Å². The Morgan fingerprint density at radius 3 is 2.95 bits per heavy atom. The van der Waals surface area contributed by atoms with Crippen LogP contribution in [-0.2, 0) is 11.2 Å². The third-order valence-electron chi connectivity index (χ3n) is 3.80. The number of carbonyl (C=O) groups excluding carboxylic acids is 1. The molecule has 2 rings (SSSR count). The fraction of sp³-hybridized carbons (Fsp3) is 0.533. The maximum atomic E-state index is 12.3. The summed E-state index contributed by atoms with van der Waals surface area (Å²) < 4.78 is 0. The minimum absolute atomic E-state index is 0.100. The molecule has 1 aromatic heterocycles. The number of carboxylic acid groups (broad SMARTS) is 1. The van der Waals surface area contributed by atoms with Crippen molar-refractivity contribution in [2.75, 3.05) is 26.7 Å². The fourth-order valence-electron chi connectivity index (χ4n) is 2.52. The molecule has 0 spiro atoms. The molecule has 0 aliphatic carbocycles. The predicted octanol–water partition coefficient (Wildman–Crippen LogP) is 1.47. The minimum Gasteiger partial charge on any atom is -0.481 e. The molecule has 114 valence electrons. The number of amides is 2. The van der Waals surface area contributed by atoms with Gasteiger partial charge in [0, 0.05) is 45.0 Å². The van der Waals surface area contributed by atoms with Gasteiger partial charge in [0.2, 0.25) is 0 Å². The second-order valence-electron chi connectivity index (χ2n) is 5.40. The lowest BCUT2D eigenvalue weighted by atomic mass is 9.99. The van der Waals surface area contributed by atoms with Crippen LogP contribution in [0.1, 0.15) is 18.5 Å². The molecule has 2 heterocycles. The third kappa shape index (κ3) is 4.18. The number of aliphatic carboxylic acids is 1. The van der Waals surface area contributed by atoms with Gasteiger partial charge >= 0.3 is 12.0 Å². The van der Waals surface area contributed by atoms with Gasteiger partial charge in [0.05, 0.1) is 5.92 Å². The molecule has 0 aromatic carbocycles. The summed E-state index contributed by atoms with van der Waals surface area (Å²) in [5.41, 5.74) is 0.944. The van der Waals surface area contributed by atoms with E-state index in [4.69, 9.17) is 5.11 Å². The van der Waals surface area contributed by atoms with Gasteiger partial charge in [0.1, 0.15) is 0 Å². The van der Waals surface area contributed by atoms with Crippen molar-refractivity contribution in [3.63, 3.8) is 0 Å². The minimum atomic E-state index is -0.816. The molecule has 1 aliphatic rings. The summed E-state index contributed by atoms with van der Waals surface area (Å²) in [4.78, 5) is 30.9. The van der Waals surface area contributed by atoms with E-state index >= 15 is 0 Å². The number of likely N-dealkylation sites (N-methyl/N-ethyl adjacent to an activating group) is 1. The maximum Gasteiger partial charge on any atom is 0.319 e. The molecule has 0 bridgehead atoms. The molecule has 0 radical (unpaired) electrons. The van der Waals surface area contributed by atoms with E-state index in [1.807, 2.05) is 18.2 Å². The molecule has 0 saturated carbocycles. The van der Waals surface area contributed by atoms with Crippen molar-refractivity contribution >= 4 is 12.0 Å². The predicted molar refractivity (Wildman–Crippen MR) is 77.9 cm³/mol. The number of hydrogen-bond donors (Lipinski definition) is 1. The number of urea groups is 1. The van der Waals surface area contributed by atoms with Gasteiger partial charge in [-0.05, 0) is 25.0 Å². The van der Waals surface area contributed by atoms with Crippen LogP contribution in [0.15, 0.2) is 24.4 Å². The largest absolute Gasteiger partial charge is 0.481 e. The Balaban J connectivity index is 1.85. The van der Waals surface area contributed by atoms with Gasteiger partial charge in [-0.25, -0.2) is 4.79 Å². The van der Waals surface area contributed by atoms with E-state index in [9.17, 15) is 9.59 Å².